The molecule has 2 heterocycles. The first-order valence-electron chi connectivity index (χ1n) is 10.7. The van der Waals surface area contributed by atoms with E-state index in [1.54, 1.807) is 36.5 Å². The van der Waals surface area contributed by atoms with E-state index >= 15 is 0 Å². The molecule has 198 valence electrons. The van der Waals surface area contributed by atoms with Crippen LogP contribution < -0.4 is 14.8 Å². The van der Waals surface area contributed by atoms with E-state index in [4.69, 9.17) is 33.0 Å². The minimum atomic E-state index is -4.34. The van der Waals surface area contributed by atoms with Crippen LogP contribution in [0.5, 0.6) is 11.5 Å². The van der Waals surface area contributed by atoms with Crippen molar-refractivity contribution in [3.8, 4) is 22.6 Å². The molecule has 0 saturated heterocycles. The van der Waals surface area contributed by atoms with Crippen molar-refractivity contribution < 1.29 is 27.4 Å². The summed E-state index contributed by atoms with van der Waals surface area (Å²) in [6.07, 6.45) is 2.70. The van der Waals surface area contributed by atoms with Crippen LogP contribution in [0, 0.1) is 5.82 Å². The van der Waals surface area contributed by atoms with Crippen LogP contribution in [0.3, 0.4) is 0 Å². The fraction of sp³-hybridized carbons (Fsp3) is 0.130. The highest BCUT2D eigenvalue weighted by Gasteiger charge is 2.24. The Bertz CT molecular complexity index is 1590. The van der Waals surface area contributed by atoms with E-state index in [0.717, 1.165) is 30.0 Å². The maximum Gasteiger partial charge on any atom is 0.320 e. The molecule has 15 heteroatoms. The van der Waals surface area contributed by atoms with Crippen LogP contribution in [-0.4, -0.2) is 39.9 Å². The molecule has 0 spiro atoms. The minimum absolute atomic E-state index is 0.0362. The van der Waals surface area contributed by atoms with E-state index in [0.29, 0.717) is 16.8 Å². The standard InChI is InChI=1S/C23H18Cl2FN5O5S2/c1-12(22(32)33)28-10-14-7-13(5-6-27-14)15-3-2-4-16(24)21(15)36-19-9-18(26)20(8-17(19)25)38(34,35)31-23-29-11-30-37-23/h2-9,11-12,28H,10H2,1H3,(H,32,33)(H,29,30,31)/t12-/m1/s1. The van der Waals surface area contributed by atoms with E-state index in [1.165, 1.54) is 6.92 Å². The number of hydrogen-bond donors (Lipinski definition) is 3. The average Bonchev–Trinajstić information content (AvgIpc) is 3.38. The predicted octanol–water partition coefficient (Wildman–Crippen LogP) is 5.20. The van der Waals surface area contributed by atoms with Crippen molar-refractivity contribution in [3.63, 3.8) is 0 Å². The summed E-state index contributed by atoms with van der Waals surface area (Å²) >= 11 is 13.5. The van der Waals surface area contributed by atoms with Crippen LogP contribution in [0.25, 0.3) is 11.1 Å². The summed E-state index contributed by atoms with van der Waals surface area (Å²) in [7, 11) is -4.34. The summed E-state index contributed by atoms with van der Waals surface area (Å²) in [5.41, 5.74) is 1.70. The number of anilines is 1. The summed E-state index contributed by atoms with van der Waals surface area (Å²) in [6.45, 7) is 1.71. The van der Waals surface area contributed by atoms with Crippen LogP contribution >= 0.6 is 34.7 Å². The van der Waals surface area contributed by atoms with Crippen LogP contribution in [-0.2, 0) is 21.4 Å². The molecule has 0 radical (unpaired) electrons. The van der Waals surface area contributed by atoms with Gasteiger partial charge in [-0.1, -0.05) is 35.3 Å². The van der Waals surface area contributed by atoms with Gasteiger partial charge >= 0.3 is 5.97 Å². The molecule has 0 bridgehead atoms. The molecule has 0 aliphatic heterocycles. The maximum absolute atomic E-state index is 15.0. The lowest BCUT2D eigenvalue weighted by atomic mass is 10.0. The number of hydrogen-bond acceptors (Lipinski definition) is 9. The summed E-state index contributed by atoms with van der Waals surface area (Å²) < 4.78 is 51.9. The van der Waals surface area contributed by atoms with Crippen molar-refractivity contribution in [3.05, 3.63) is 76.5 Å². The van der Waals surface area contributed by atoms with Crippen molar-refractivity contribution in [2.45, 2.75) is 24.4 Å². The van der Waals surface area contributed by atoms with Crippen LogP contribution in [0.4, 0.5) is 9.52 Å². The molecule has 2 aromatic carbocycles. The Labute approximate surface area is 230 Å². The molecule has 3 N–H and O–H groups in total. The normalized spacial score (nSPS) is 12.2. The third kappa shape index (κ3) is 6.37. The second kappa shape index (κ2) is 11.6. The first-order valence-corrected chi connectivity index (χ1v) is 13.7. The zero-order chi connectivity index (χ0) is 27.4. The molecule has 0 unspecified atom stereocenters. The van der Waals surface area contributed by atoms with Gasteiger partial charge in [0.1, 0.15) is 28.8 Å². The Kier molecular flexibility index (Phi) is 8.43. The van der Waals surface area contributed by atoms with Crippen molar-refractivity contribution in [1.82, 2.24) is 19.7 Å². The second-order valence-corrected chi connectivity index (χ2v) is 11.0. The lowest BCUT2D eigenvalue weighted by Crippen LogP contribution is -2.33. The van der Waals surface area contributed by atoms with Crippen molar-refractivity contribution in [2.24, 2.45) is 0 Å². The van der Waals surface area contributed by atoms with Gasteiger partial charge in [0.15, 0.2) is 5.75 Å². The molecule has 0 saturated carbocycles. The van der Waals surface area contributed by atoms with E-state index in [2.05, 4.69) is 24.4 Å². The quantitative estimate of drug-likeness (QED) is 0.224. The van der Waals surface area contributed by atoms with Crippen molar-refractivity contribution >= 4 is 55.9 Å². The fourth-order valence-corrected chi connectivity index (χ4v) is 5.45. The molecule has 0 aliphatic carbocycles. The third-order valence-electron chi connectivity index (χ3n) is 5.13. The smallest absolute Gasteiger partial charge is 0.320 e. The first-order chi connectivity index (χ1) is 18.0. The van der Waals surface area contributed by atoms with Gasteiger partial charge in [0.25, 0.3) is 10.0 Å². The summed E-state index contributed by atoms with van der Waals surface area (Å²) in [5.74, 6) is -2.13. The zero-order valence-corrected chi connectivity index (χ0v) is 22.5. The topological polar surface area (TPSA) is 143 Å². The molecule has 0 amide bonds. The largest absolute Gasteiger partial charge is 0.480 e. The number of carbonyl (C=O) groups is 1. The van der Waals surface area contributed by atoms with Gasteiger partial charge in [-0.15, -0.1) is 0 Å². The second-order valence-electron chi connectivity index (χ2n) is 7.76. The van der Waals surface area contributed by atoms with Gasteiger partial charge in [0, 0.05) is 35.9 Å². The molecule has 0 fully saturated rings. The number of rotatable bonds is 10. The number of sulfonamides is 1. The van der Waals surface area contributed by atoms with Gasteiger partial charge in [0.2, 0.25) is 5.13 Å². The average molecular weight is 598 g/mol. The highest BCUT2D eigenvalue weighted by atomic mass is 35.5. The third-order valence-corrected chi connectivity index (χ3v) is 7.78. The molecule has 4 rings (SSSR count). The minimum Gasteiger partial charge on any atom is -0.480 e. The number of carboxylic acid groups (broad SMARTS) is 1. The summed E-state index contributed by atoms with van der Waals surface area (Å²) in [5, 5.41) is 11.9. The van der Waals surface area contributed by atoms with Crippen molar-refractivity contribution in [2.75, 3.05) is 4.72 Å². The Hall–Kier alpha value is -3.36. The molecule has 0 aliphatic rings. The Morgan fingerprint density at radius 1 is 1.18 bits per heavy atom. The highest BCUT2D eigenvalue weighted by molar-refractivity contribution is 7.93. The monoisotopic (exact) mass is 597 g/mol. The highest BCUT2D eigenvalue weighted by Crippen LogP contribution is 2.42. The fourth-order valence-electron chi connectivity index (χ4n) is 3.22. The Morgan fingerprint density at radius 3 is 2.68 bits per heavy atom. The lowest BCUT2D eigenvalue weighted by Gasteiger charge is -2.16. The van der Waals surface area contributed by atoms with Crippen LogP contribution in [0.2, 0.25) is 10.0 Å². The van der Waals surface area contributed by atoms with Gasteiger partial charge in [-0.2, -0.15) is 4.37 Å². The van der Waals surface area contributed by atoms with Gasteiger partial charge in [0.05, 0.1) is 15.7 Å². The Morgan fingerprint density at radius 2 is 1.97 bits per heavy atom. The Balaban J connectivity index is 1.64. The molecule has 2 aromatic heterocycles. The van der Waals surface area contributed by atoms with E-state index < -0.39 is 32.7 Å². The van der Waals surface area contributed by atoms with Gasteiger partial charge in [-0.3, -0.25) is 19.8 Å². The first kappa shape index (κ1) is 27.7. The number of aliphatic carboxylic acids is 1. The van der Waals surface area contributed by atoms with Crippen LogP contribution in [0.15, 0.2) is 59.9 Å². The molecule has 38 heavy (non-hydrogen) atoms. The van der Waals surface area contributed by atoms with E-state index in [-0.39, 0.29) is 33.2 Å². The number of aromatic nitrogens is 3. The number of para-hydroxylation sites is 1. The zero-order valence-electron chi connectivity index (χ0n) is 19.4. The number of benzene rings is 2. The number of halogens is 3. The molecule has 10 nitrogen and oxygen atoms in total. The SMILES string of the molecule is C[C@@H](NCc1cc(-c2cccc(Cl)c2Oc2cc(F)c(S(=O)(=O)Nc3ncns3)cc2Cl)ccn1)C(=O)O. The van der Waals surface area contributed by atoms with Gasteiger partial charge in [-0.05, 0) is 36.8 Å². The van der Waals surface area contributed by atoms with Gasteiger partial charge < -0.3 is 9.84 Å². The molecule has 1 atom stereocenters. The maximum atomic E-state index is 15.0. The number of ether oxygens (including phenoxy) is 1. The lowest BCUT2D eigenvalue weighted by molar-refractivity contribution is -0.139. The number of nitrogens with zero attached hydrogens (tertiary/aromatic N) is 3. The molecular weight excluding hydrogens is 580 g/mol. The van der Waals surface area contributed by atoms with E-state index in [1.807, 2.05) is 0 Å². The predicted molar refractivity (Wildman–Crippen MR) is 141 cm³/mol. The van der Waals surface area contributed by atoms with E-state index in [9.17, 15) is 17.6 Å². The summed E-state index contributed by atoms with van der Waals surface area (Å²) in [4.78, 5) is 18.3. The molecule has 4 aromatic rings. The van der Waals surface area contributed by atoms with Gasteiger partial charge in [-0.25, -0.2) is 17.8 Å². The van der Waals surface area contributed by atoms with Crippen LogP contribution in [0.1, 0.15) is 12.6 Å². The van der Waals surface area contributed by atoms with Crippen molar-refractivity contribution in [1.29, 1.82) is 0 Å². The number of nitrogens with one attached hydrogen (secondary N) is 2. The summed E-state index contributed by atoms with van der Waals surface area (Å²) in [6, 6.07) is 9.37. The number of carboxylic acids is 1. The molecular formula is C23H18Cl2FN5O5S2. The number of pyridine rings is 1.